The number of hydrogen-bond acceptors (Lipinski definition) is 1. The first-order valence-electron chi connectivity index (χ1n) is 8.88. The van der Waals surface area contributed by atoms with E-state index in [-0.39, 0.29) is 0 Å². The second-order valence-electron chi connectivity index (χ2n) is 6.98. The van der Waals surface area contributed by atoms with Crippen LogP contribution in [-0.2, 0) is 4.74 Å². The third-order valence-corrected chi connectivity index (χ3v) is 4.79. The van der Waals surface area contributed by atoms with E-state index in [1.165, 1.54) is 70.6 Å². The molecule has 20 heavy (non-hydrogen) atoms. The van der Waals surface area contributed by atoms with Gasteiger partial charge in [-0.2, -0.15) is 0 Å². The molecular formula is C19H36O. The Labute approximate surface area is 127 Å². The van der Waals surface area contributed by atoms with Crippen LogP contribution in [0.1, 0.15) is 84.5 Å². The van der Waals surface area contributed by atoms with Gasteiger partial charge in [-0.05, 0) is 37.0 Å². The maximum atomic E-state index is 4.99. The van der Waals surface area contributed by atoms with E-state index < -0.39 is 0 Å². The van der Waals surface area contributed by atoms with Crippen molar-refractivity contribution in [3.63, 3.8) is 0 Å². The molecule has 0 spiro atoms. The van der Waals surface area contributed by atoms with E-state index in [0.29, 0.717) is 5.41 Å². The van der Waals surface area contributed by atoms with E-state index in [4.69, 9.17) is 4.74 Å². The molecule has 1 saturated carbocycles. The lowest BCUT2D eigenvalue weighted by Crippen LogP contribution is -2.02. The van der Waals surface area contributed by atoms with Crippen LogP contribution in [0.4, 0.5) is 0 Å². The van der Waals surface area contributed by atoms with Crippen molar-refractivity contribution in [1.82, 2.24) is 0 Å². The van der Waals surface area contributed by atoms with Crippen LogP contribution in [0.15, 0.2) is 12.2 Å². The van der Waals surface area contributed by atoms with E-state index >= 15 is 0 Å². The number of hydrogen-bond donors (Lipinski definition) is 0. The third-order valence-electron chi connectivity index (χ3n) is 4.79. The standard InChI is InChI=1S/C11H24O.C8H12/c1-3-4-5-6-7-8-9-10-11-12-2;1-8-4-2-7(6-8)3-5-8/h3-11H2,1-2H3;2,4,7H,3,5-6H2,1H3. The normalized spacial score (nSPS) is 26.6. The van der Waals surface area contributed by atoms with Crippen LogP contribution in [0, 0.1) is 11.3 Å². The van der Waals surface area contributed by atoms with E-state index in [0.717, 1.165) is 12.5 Å². The average Bonchev–Trinajstić information content (AvgIpc) is 3.01. The van der Waals surface area contributed by atoms with Crippen molar-refractivity contribution in [2.45, 2.75) is 84.5 Å². The maximum Gasteiger partial charge on any atom is 0.0462 e. The minimum absolute atomic E-state index is 0.630. The fourth-order valence-electron chi connectivity index (χ4n) is 3.38. The zero-order valence-electron chi connectivity index (χ0n) is 14.1. The van der Waals surface area contributed by atoms with Gasteiger partial charge in [-0.3, -0.25) is 0 Å². The molecule has 0 amide bonds. The summed E-state index contributed by atoms with van der Waals surface area (Å²) >= 11 is 0. The lowest BCUT2D eigenvalue weighted by Gasteiger charge is -2.14. The van der Waals surface area contributed by atoms with Crippen molar-refractivity contribution in [3.05, 3.63) is 12.2 Å². The molecule has 1 heteroatoms. The zero-order chi connectivity index (χ0) is 14.7. The number of unbranched alkanes of at least 4 members (excludes halogenated alkanes) is 7. The van der Waals surface area contributed by atoms with Gasteiger partial charge in [0.2, 0.25) is 0 Å². The molecule has 0 radical (unpaired) electrons. The van der Waals surface area contributed by atoms with Crippen LogP contribution >= 0.6 is 0 Å². The van der Waals surface area contributed by atoms with Gasteiger partial charge in [0.25, 0.3) is 0 Å². The molecule has 2 rings (SSSR count). The summed E-state index contributed by atoms with van der Waals surface area (Å²) < 4.78 is 4.99. The third kappa shape index (κ3) is 7.47. The first-order chi connectivity index (χ1) is 9.70. The van der Waals surface area contributed by atoms with Crippen molar-refractivity contribution in [3.8, 4) is 0 Å². The number of fused-ring (bicyclic) bond motifs is 2. The molecule has 0 heterocycles. The Hall–Kier alpha value is -0.300. The highest BCUT2D eigenvalue weighted by atomic mass is 16.5. The van der Waals surface area contributed by atoms with Crippen molar-refractivity contribution in [2.24, 2.45) is 11.3 Å². The summed E-state index contributed by atoms with van der Waals surface area (Å²) in [5.41, 5.74) is 0.630. The second-order valence-corrected chi connectivity index (χ2v) is 6.98. The van der Waals surface area contributed by atoms with Gasteiger partial charge < -0.3 is 4.74 Å². The van der Waals surface area contributed by atoms with Gasteiger partial charge in [-0.1, -0.05) is 70.9 Å². The van der Waals surface area contributed by atoms with Crippen LogP contribution in [0.2, 0.25) is 0 Å². The number of allylic oxidation sites excluding steroid dienone is 2. The molecule has 0 aliphatic heterocycles. The van der Waals surface area contributed by atoms with Crippen LogP contribution in [0.5, 0.6) is 0 Å². The largest absolute Gasteiger partial charge is 0.385 e. The second kappa shape index (κ2) is 10.4. The summed E-state index contributed by atoms with van der Waals surface area (Å²) in [6.07, 6.45) is 20.2. The van der Waals surface area contributed by atoms with E-state index in [1.54, 1.807) is 7.11 Å². The Morgan fingerprint density at radius 3 is 2.05 bits per heavy atom. The quantitative estimate of drug-likeness (QED) is 0.364. The average molecular weight is 280 g/mol. The van der Waals surface area contributed by atoms with Crippen molar-refractivity contribution in [2.75, 3.05) is 13.7 Å². The van der Waals surface area contributed by atoms with Gasteiger partial charge in [0, 0.05) is 13.7 Å². The van der Waals surface area contributed by atoms with Crippen LogP contribution in [0.25, 0.3) is 0 Å². The van der Waals surface area contributed by atoms with E-state index in [1.807, 2.05) is 0 Å². The molecule has 2 aliphatic carbocycles. The van der Waals surface area contributed by atoms with Crippen molar-refractivity contribution < 1.29 is 4.74 Å². The minimum atomic E-state index is 0.630. The molecule has 2 bridgehead atoms. The van der Waals surface area contributed by atoms with Crippen LogP contribution < -0.4 is 0 Å². The lowest BCUT2D eigenvalue weighted by molar-refractivity contribution is 0.192. The Bertz CT molecular complexity index is 248. The molecule has 0 aromatic rings. The molecular weight excluding hydrogens is 244 g/mol. The molecule has 1 nitrogen and oxygen atoms in total. The van der Waals surface area contributed by atoms with Crippen LogP contribution in [0.3, 0.4) is 0 Å². The Morgan fingerprint density at radius 1 is 1.05 bits per heavy atom. The van der Waals surface area contributed by atoms with Gasteiger partial charge in [0.15, 0.2) is 0 Å². The maximum absolute atomic E-state index is 4.99. The summed E-state index contributed by atoms with van der Waals surface area (Å²) in [6.45, 7) is 5.57. The molecule has 2 aliphatic rings. The zero-order valence-corrected chi connectivity index (χ0v) is 14.1. The molecule has 0 aromatic heterocycles. The molecule has 0 N–H and O–H groups in total. The topological polar surface area (TPSA) is 9.23 Å². The first kappa shape index (κ1) is 17.8. The SMILES string of the molecule is CC12C=CC(CC1)C2.CCCCCCCCCCOC. The predicted octanol–water partition coefficient (Wildman–Crippen LogP) is 6.14. The summed E-state index contributed by atoms with van der Waals surface area (Å²) in [5.74, 6) is 0.958. The summed E-state index contributed by atoms with van der Waals surface area (Å²) in [7, 11) is 1.78. The van der Waals surface area contributed by atoms with Crippen molar-refractivity contribution >= 4 is 0 Å². The summed E-state index contributed by atoms with van der Waals surface area (Å²) in [4.78, 5) is 0. The number of ether oxygens (including phenoxy) is 1. The highest BCUT2D eigenvalue weighted by molar-refractivity contribution is 5.13. The van der Waals surface area contributed by atoms with E-state index in [2.05, 4.69) is 26.0 Å². The number of methoxy groups -OCH3 is 1. The van der Waals surface area contributed by atoms with Gasteiger partial charge >= 0.3 is 0 Å². The van der Waals surface area contributed by atoms with Gasteiger partial charge in [-0.25, -0.2) is 0 Å². The van der Waals surface area contributed by atoms with Crippen molar-refractivity contribution in [1.29, 1.82) is 0 Å². The lowest BCUT2D eigenvalue weighted by atomic mass is 9.91. The fourth-order valence-corrected chi connectivity index (χ4v) is 3.38. The Balaban J connectivity index is 0.000000212. The highest BCUT2D eigenvalue weighted by Crippen LogP contribution is 2.48. The Kier molecular flexibility index (Phi) is 9.26. The van der Waals surface area contributed by atoms with Gasteiger partial charge in [-0.15, -0.1) is 0 Å². The predicted molar refractivity (Wildman–Crippen MR) is 89.1 cm³/mol. The molecule has 1 fully saturated rings. The highest BCUT2D eigenvalue weighted by Gasteiger charge is 2.36. The van der Waals surface area contributed by atoms with E-state index in [9.17, 15) is 0 Å². The molecule has 0 aromatic carbocycles. The Morgan fingerprint density at radius 2 is 1.70 bits per heavy atom. The summed E-state index contributed by atoms with van der Waals surface area (Å²) in [6, 6.07) is 0. The molecule has 118 valence electrons. The molecule has 2 atom stereocenters. The first-order valence-corrected chi connectivity index (χ1v) is 8.88. The minimum Gasteiger partial charge on any atom is -0.385 e. The van der Waals surface area contributed by atoms with Gasteiger partial charge in [0.1, 0.15) is 0 Å². The molecule has 0 saturated heterocycles. The fraction of sp³-hybridized carbons (Fsp3) is 0.895. The molecule has 2 unspecified atom stereocenters. The van der Waals surface area contributed by atoms with Crippen LogP contribution in [-0.4, -0.2) is 13.7 Å². The monoisotopic (exact) mass is 280 g/mol. The summed E-state index contributed by atoms with van der Waals surface area (Å²) in [5, 5.41) is 0. The number of rotatable bonds is 9. The smallest absolute Gasteiger partial charge is 0.0462 e. The van der Waals surface area contributed by atoms with Gasteiger partial charge in [0.05, 0.1) is 0 Å².